The fraction of sp³-hybridized carbons (Fsp3) is 0.222. The van der Waals surface area contributed by atoms with Gasteiger partial charge >= 0.3 is 6.03 Å². The van der Waals surface area contributed by atoms with Gasteiger partial charge in [-0.2, -0.15) is 0 Å². The number of amides is 2. The van der Waals surface area contributed by atoms with Gasteiger partial charge in [0.25, 0.3) is 0 Å². The highest BCUT2D eigenvalue weighted by molar-refractivity contribution is 7.18. The maximum absolute atomic E-state index is 12.4. The first-order chi connectivity index (χ1) is 11.8. The summed E-state index contributed by atoms with van der Waals surface area (Å²) in [5.41, 5.74) is 1.98. The van der Waals surface area contributed by atoms with Gasteiger partial charge in [0.1, 0.15) is 5.01 Å². The predicted molar refractivity (Wildman–Crippen MR) is 95.8 cm³/mol. The topological polar surface area (TPSA) is 65.5 Å². The Hall–Kier alpha value is -2.44. The summed E-state index contributed by atoms with van der Waals surface area (Å²) < 4.78 is 1.11. The first-order valence-electron chi connectivity index (χ1n) is 7.78. The number of fused-ring (bicyclic) bond motifs is 1. The molecule has 1 aromatic heterocycles. The van der Waals surface area contributed by atoms with Gasteiger partial charge in [0.2, 0.25) is 0 Å². The highest BCUT2D eigenvalue weighted by Crippen LogP contribution is 2.21. The van der Waals surface area contributed by atoms with E-state index < -0.39 is 0 Å². The standard InChI is InChI=1S/C18H19N3O2S/c22-11-10-21(13-14-6-2-1-3-7-14)18(23)19-12-17-20-15-8-4-5-9-16(15)24-17/h1-9,22H,10-13H2,(H,19,23). The molecule has 2 N–H and O–H groups in total. The average Bonchev–Trinajstić information content (AvgIpc) is 3.03. The Balaban J connectivity index is 1.62. The number of carbonyl (C=O) groups excluding carboxylic acids is 1. The molecule has 0 aliphatic heterocycles. The molecule has 0 aliphatic rings. The van der Waals surface area contributed by atoms with Crippen molar-refractivity contribution in [3.8, 4) is 0 Å². The van der Waals surface area contributed by atoms with Crippen molar-refractivity contribution in [3.05, 3.63) is 65.2 Å². The summed E-state index contributed by atoms with van der Waals surface area (Å²) in [6.07, 6.45) is 0. The molecule has 2 aromatic carbocycles. The van der Waals surface area contributed by atoms with Gasteiger partial charge in [-0.15, -0.1) is 11.3 Å². The van der Waals surface area contributed by atoms with Crippen LogP contribution in [0.4, 0.5) is 4.79 Å². The maximum Gasteiger partial charge on any atom is 0.318 e. The van der Waals surface area contributed by atoms with E-state index in [1.165, 1.54) is 0 Å². The average molecular weight is 341 g/mol. The van der Waals surface area contributed by atoms with Crippen molar-refractivity contribution in [1.29, 1.82) is 0 Å². The maximum atomic E-state index is 12.4. The Bertz CT molecular complexity index is 771. The van der Waals surface area contributed by atoms with Gasteiger partial charge in [0, 0.05) is 13.1 Å². The minimum atomic E-state index is -0.202. The van der Waals surface area contributed by atoms with Gasteiger partial charge in [0.15, 0.2) is 0 Å². The number of rotatable bonds is 6. The second-order valence-electron chi connectivity index (χ2n) is 5.36. The van der Waals surface area contributed by atoms with E-state index in [2.05, 4.69) is 10.3 Å². The zero-order valence-electron chi connectivity index (χ0n) is 13.2. The van der Waals surface area contributed by atoms with Crippen LogP contribution in [-0.2, 0) is 13.1 Å². The summed E-state index contributed by atoms with van der Waals surface area (Å²) in [5.74, 6) is 0. The number of urea groups is 1. The van der Waals surface area contributed by atoms with Crippen LogP contribution in [-0.4, -0.2) is 34.2 Å². The van der Waals surface area contributed by atoms with Gasteiger partial charge in [-0.25, -0.2) is 9.78 Å². The number of benzene rings is 2. The second kappa shape index (κ2) is 7.90. The van der Waals surface area contributed by atoms with Crippen LogP contribution in [0.1, 0.15) is 10.6 Å². The van der Waals surface area contributed by atoms with Crippen molar-refractivity contribution >= 4 is 27.6 Å². The lowest BCUT2D eigenvalue weighted by molar-refractivity contribution is 0.173. The third-order valence-corrected chi connectivity index (χ3v) is 4.64. The summed E-state index contributed by atoms with van der Waals surface area (Å²) in [4.78, 5) is 18.5. The second-order valence-corrected chi connectivity index (χ2v) is 6.48. The van der Waals surface area contributed by atoms with Gasteiger partial charge in [-0.1, -0.05) is 42.5 Å². The van der Waals surface area contributed by atoms with Crippen LogP contribution in [0.25, 0.3) is 10.2 Å². The highest BCUT2D eigenvalue weighted by Gasteiger charge is 2.14. The number of aliphatic hydroxyl groups is 1. The zero-order valence-corrected chi connectivity index (χ0v) is 14.0. The van der Waals surface area contributed by atoms with Crippen LogP contribution in [0.2, 0.25) is 0 Å². The van der Waals surface area contributed by atoms with Crippen molar-refractivity contribution in [1.82, 2.24) is 15.2 Å². The van der Waals surface area contributed by atoms with Gasteiger partial charge < -0.3 is 15.3 Å². The van der Waals surface area contributed by atoms with E-state index in [9.17, 15) is 9.90 Å². The number of nitrogens with zero attached hydrogens (tertiary/aromatic N) is 2. The number of carbonyl (C=O) groups is 1. The predicted octanol–water partition coefficient (Wildman–Crippen LogP) is 3.00. The van der Waals surface area contributed by atoms with E-state index in [0.29, 0.717) is 19.6 Å². The van der Waals surface area contributed by atoms with E-state index in [1.54, 1.807) is 16.2 Å². The number of hydrogen-bond donors (Lipinski definition) is 2. The lowest BCUT2D eigenvalue weighted by Crippen LogP contribution is -2.40. The van der Waals surface area contributed by atoms with Crippen molar-refractivity contribution in [3.63, 3.8) is 0 Å². The van der Waals surface area contributed by atoms with Crippen LogP contribution >= 0.6 is 11.3 Å². The molecule has 124 valence electrons. The molecular weight excluding hydrogens is 322 g/mol. The number of aliphatic hydroxyl groups excluding tert-OH is 1. The Morgan fingerprint density at radius 2 is 1.88 bits per heavy atom. The third kappa shape index (κ3) is 4.10. The van der Waals surface area contributed by atoms with Gasteiger partial charge in [-0.3, -0.25) is 0 Å². The van der Waals surface area contributed by atoms with Crippen LogP contribution in [0, 0.1) is 0 Å². The first-order valence-corrected chi connectivity index (χ1v) is 8.60. The highest BCUT2D eigenvalue weighted by atomic mass is 32.1. The SMILES string of the molecule is O=C(NCc1nc2ccccc2s1)N(CCO)Cc1ccccc1. The number of thiazole rings is 1. The molecule has 0 bridgehead atoms. The lowest BCUT2D eigenvalue weighted by atomic mass is 10.2. The molecule has 0 spiro atoms. The van der Waals surface area contributed by atoms with Crippen molar-refractivity contribution in [2.75, 3.05) is 13.2 Å². The summed E-state index contributed by atoms with van der Waals surface area (Å²) in [6.45, 7) is 1.07. The molecule has 24 heavy (non-hydrogen) atoms. The molecule has 0 fully saturated rings. The van der Waals surface area contributed by atoms with Crippen LogP contribution in [0.3, 0.4) is 0 Å². The summed E-state index contributed by atoms with van der Waals surface area (Å²) >= 11 is 1.57. The monoisotopic (exact) mass is 341 g/mol. The Labute approximate surface area is 144 Å². The van der Waals surface area contributed by atoms with Crippen molar-refractivity contribution in [2.24, 2.45) is 0 Å². The minimum absolute atomic E-state index is 0.0681. The summed E-state index contributed by atoms with van der Waals surface area (Å²) in [7, 11) is 0. The summed E-state index contributed by atoms with van der Waals surface area (Å²) in [5, 5.41) is 13.0. The van der Waals surface area contributed by atoms with E-state index in [4.69, 9.17) is 0 Å². The number of hydrogen-bond acceptors (Lipinski definition) is 4. The molecule has 0 saturated carbocycles. The van der Waals surface area contributed by atoms with E-state index in [1.807, 2.05) is 54.6 Å². The van der Waals surface area contributed by atoms with E-state index in [-0.39, 0.29) is 12.6 Å². The molecular formula is C18H19N3O2S. The Morgan fingerprint density at radius 3 is 2.62 bits per heavy atom. The molecule has 6 heteroatoms. The Morgan fingerprint density at radius 1 is 1.12 bits per heavy atom. The molecule has 1 heterocycles. The largest absolute Gasteiger partial charge is 0.395 e. The molecule has 0 saturated heterocycles. The van der Waals surface area contributed by atoms with Crippen LogP contribution in [0.5, 0.6) is 0 Å². The first kappa shape index (κ1) is 16.4. The molecule has 0 unspecified atom stereocenters. The van der Waals surface area contributed by atoms with Crippen LogP contribution in [0.15, 0.2) is 54.6 Å². The van der Waals surface area contributed by atoms with E-state index >= 15 is 0 Å². The number of para-hydroxylation sites is 1. The van der Waals surface area contributed by atoms with E-state index in [0.717, 1.165) is 20.8 Å². The molecule has 5 nitrogen and oxygen atoms in total. The zero-order chi connectivity index (χ0) is 16.8. The fourth-order valence-corrected chi connectivity index (χ4v) is 3.34. The fourth-order valence-electron chi connectivity index (χ4n) is 2.44. The number of nitrogens with one attached hydrogen (secondary N) is 1. The smallest absolute Gasteiger partial charge is 0.318 e. The molecule has 0 atom stereocenters. The molecule has 2 amide bonds. The third-order valence-electron chi connectivity index (χ3n) is 3.60. The molecule has 3 aromatic rings. The van der Waals surface area contributed by atoms with Crippen LogP contribution < -0.4 is 5.32 Å². The van der Waals surface area contributed by atoms with Gasteiger partial charge in [0.05, 0.1) is 23.4 Å². The Kier molecular flexibility index (Phi) is 5.40. The van der Waals surface area contributed by atoms with Gasteiger partial charge in [-0.05, 0) is 17.7 Å². The molecule has 0 aliphatic carbocycles. The van der Waals surface area contributed by atoms with Crippen molar-refractivity contribution < 1.29 is 9.90 Å². The minimum Gasteiger partial charge on any atom is -0.395 e. The molecule has 3 rings (SSSR count). The lowest BCUT2D eigenvalue weighted by Gasteiger charge is -2.22. The quantitative estimate of drug-likeness (QED) is 0.724. The summed E-state index contributed by atoms with van der Waals surface area (Å²) in [6, 6.07) is 17.4. The molecule has 0 radical (unpaired) electrons. The normalized spacial score (nSPS) is 10.7. The number of aromatic nitrogens is 1. The van der Waals surface area contributed by atoms with Crippen molar-refractivity contribution in [2.45, 2.75) is 13.1 Å².